The lowest BCUT2D eigenvalue weighted by molar-refractivity contribution is 0.691. The summed E-state index contributed by atoms with van der Waals surface area (Å²) in [7, 11) is 0. The van der Waals surface area contributed by atoms with Gasteiger partial charge < -0.3 is 10.6 Å². The van der Waals surface area contributed by atoms with E-state index in [0.717, 1.165) is 58.8 Å². The summed E-state index contributed by atoms with van der Waals surface area (Å²) < 4.78 is 1.82. The molecule has 1 aromatic carbocycles. The summed E-state index contributed by atoms with van der Waals surface area (Å²) in [6.07, 6.45) is 7.26. The summed E-state index contributed by atoms with van der Waals surface area (Å²) in [5, 5.41) is 15.2. The fourth-order valence-electron chi connectivity index (χ4n) is 4.42. The van der Waals surface area contributed by atoms with Crippen LogP contribution in [0, 0.1) is 0 Å². The van der Waals surface area contributed by atoms with E-state index in [4.69, 9.17) is 27.4 Å². The van der Waals surface area contributed by atoms with E-state index in [1.807, 2.05) is 16.8 Å². The van der Waals surface area contributed by atoms with Gasteiger partial charge in [0.05, 0.1) is 28.8 Å². The van der Waals surface area contributed by atoms with Crippen molar-refractivity contribution in [3.8, 4) is 11.3 Å². The van der Waals surface area contributed by atoms with Gasteiger partial charge in [-0.15, -0.1) is 0 Å². The van der Waals surface area contributed by atoms with E-state index in [-0.39, 0.29) is 0 Å². The van der Waals surface area contributed by atoms with Crippen molar-refractivity contribution in [2.45, 2.75) is 19.4 Å². The molecule has 10 heteroatoms. The Balaban J connectivity index is 1.51. The molecule has 1 fully saturated rings. The first-order valence-corrected chi connectivity index (χ1v) is 10.9. The number of fused-ring (bicyclic) bond motifs is 2. The van der Waals surface area contributed by atoms with Gasteiger partial charge in [-0.05, 0) is 30.4 Å². The van der Waals surface area contributed by atoms with Crippen LogP contribution in [0.3, 0.4) is 0 Å². The maximum atomic E-state index is 6.59. The summed E-state index contributed by atoms with van der Waals surface area (Å²) in [5.74, 6) is 1.31. The molecule has 3 N–H and O–H groups in total. The zero-order chi connectivity index (χ0) is 21.7. The van der Waals surface area contributed by atoms with Crippen molar-refractivity contribution in [2.75, 3.05) is 23.7 Å². The number of nitrogens with one attached hydrogen (secondary N) is 1. The Kier molecular flexibility index (Phi) is 4.43. The molecule has 0 aliphatic carbocycles. The van der Waals surface area contributed by atoms with Gasteiger partial charge in [0, 0.05) is 30.2 Å². The van der Waals surface area contributed by atoms with Crippen LogP contribution in [-0.4, -0.2) is 48.0 Å². The lowest BCUT2D eigenvalue weighted by Crippen LogP contribution is -2.20. The normalized spacial score (nSPS) is 14.1. The molecule has 1 aliphatic heterocycles. The highest BCUT2D eigenvalue weighted by Crippen LogP contribution is 2.35. The van der Waals surface area contributed by atoms with E-state index in [1.54, 1.807) is 12.4 Å². The first-order valence-electron chi connectivity index (χ1n) is 10.5. The predicted octanol–water partition coefficient (Wildman–Crippen LogP) is 3.65. The monoisotopic (exact) mass is 445 g/mol. The van der Waals surface area contributed by atoms with Crippen molar-refractivity contribution in [1.82, 2.24) is 34.9 Å². The smallest absolute Gasteiger partial charge is 0.164 e. The van der Waals surface area contributed by atoms with Gasteiger partial charge in [0.25, 0.3) is 0 Å². The molecule has 0 atom stereocenters. The maximum absolute atomic E-state index is 6.59. The van der Waals surface area contributed by atoms with Crippen LogP contribution < -0.4 is 10.6 Å². The minimum atomic E-state index is 0.383. The number of aromatic nitrogens is 7. The fraction of sp³-hybridized carbons (Fsp3) is 0.227. The van der Waals surface area contributed by atoms with Crippen molar-refractivity contribution in [2.24, 2.45) is 0 Å². The zero-order valence-electron chi connectivity index (χ0n) is 17.2. The molecule has 5 heterocycles. The number of rotatable bonds is 4. The van der Waals surface area contributed by atoms with Crippen molar-refractivity contribution in [3.05, 3.63) is 53.7 Å². The van der Waals surface area contributed by atoms with Crippen LogP contribution in [0.25, 0.3) is 33.1 Å². The molecule has 4 aromatic heterocycles. The van der Waals surface area contributed by atoms with E-state index in [2.05, 4.69) is 37.2 Å². The summed E-state index contributed by atoms with van der Waals surface area (Å²) in [5.41, 5.74) is 9.24. The number of benzene rings is 1. The van der Waals surface area contributed by atoms with E-state index >= 15 is 0 Å². The molecule has 0 saturated carbocycles. The molecular formula is C22H20ClN9. The summed E-state index contributed by atoms with van der Waals surface area (Å²) in [4.78, 5) is 16.0. The second-order valence-electron chi connectivity index (χ2n) is 7.92. The first kappa shape index (κ1) is 19.0. The van der Waals surface area contributed by atoms with Gasteiger partial charge in [0.2, 0.25) is 0 Å². The van der Waals surface area contributed by atoms with E-state index in [0.29, 0.717) is 29.1 Å². The highest BCUT2D eigenvalue weighted by Gasteiger charge is 2.21. The second-order valence-corrected chi connectivity index (χ2v) is 8.33. The number of halogens is 1. The highest BCUT2D eigenvalue weighted by atomic mass is 35.5. The number of nitrogens with zero attached hydrogens (tertiary/aromatic N) is 7. The van der Waals surface area contributed by atoms with Gasteiger partial charge in [0.15, 0.2) is 5.65 Å². The molecule has 1 aliphatic rings. The third-order valence-electron chi connectivity index (χ3n) is 5.89. The molecule has 0 spiro atoms. The van der Waals surface area contributed by atoms with E-state index in [1.165, 1.54) is 6.33 Å². The molecule has 0 bridgehead atoms. The highest BCUT2D eigenvalue weighted by molar-refractivity contribution is 6.36. The van der Waals surface area contributed by atoms with Crippen LogP contribution in [0.4, 0.5) is 11.6 Å². The van der Waals surface area contributed by atoms with Crippen LogP contribution in [-0.2, 0) is 6.54 Å². The minimum Gasteiger partial charge on any atom is -0.383 e. The van der Waals surface area contributed by atoms with Gasteiger partial charge in [-0.2, -0.15) is 10.2 Å². The third kappa shape index (κ3) is 3.04. The topological polar surface area (TPSA) is 114 Å². The number of aromatic amines is 1. The number of anilines is 2. The van der Waals surface area contributed by atoms with Crippen LogP contribution in [0.1, 0.15) is 18.5 Å². The van der Waals surface area contributed by atoms with Gasteiger partial charge in [-0.25, -0.2) is 19.6 Å². The number of H-pyrrole nitrogens is 1. The van der Waals surface area contributed by atoms with Gasteiger partial charge in [-0.3, -0.25) is 5.10 Å². The number of hydrogen-bond donors (Lipinski definition) is 2. The molecule has 0 amide bonds. The van der Waals surface area contributed by atoms with Gasteiger partial charge >= 0.3 is 0 Å². The fourth-order valence-corrected chi connectivity index (χ4v) is 4.68. The van der Waals surface area contributed by atoms with Crippen molar-refractivity contribution in [3.63, 3.8) is 0 Å². The summed E-state index contributed by atoms with van der Waals surface area (Å²) >= 11 is 6.59. The van der Waals surface area contributed by atoms with Gasteiger partial charge in [0.1, 0.15) is 23.7 Å². The predicted molar refractivity (Wildman–Crippen MR) is 125 cm³/mol. The Bertz CT molecular complexity index is 1440. The molecule has 9 nitrogen and oxygen atoms in total. The third-order valence-corrected chi connectivity index (χ3v) is 6.20. The number of nitrogens with two attached hydrogens (primary N) is 1. The molecule has 160 valence electrons. The Morgan fingerprint density at radius 3 is 2.81 bits per heavy atom. The van der Waals surface area contributed by atoms with Crippen LogP contribution in [0.15, 0.2) is 43.0 Å². The number of nitrogen functional groups attached to an aromatic ring is 1. The maximum Gasteiger partial charge on any atom is 0.164 e. The van der Waals surface area contributed by atoms with Crippen molar-refractivity contribution >= 4 is 45.0 Å². The Hall–Kier alpha value is -3.72. The van der Waals surface area contributed by atoms with Crippen molar-refractivity contribution in [1.29, 1.82) is 0 Å². The van der Waals surface area contributed by atoms with Crippen LogP contribution >= 0.6 is 11.6 Å². The van der Waals surface area contributed by atoms with E-state index in [9.17, 15) is 0 Å². The summed E-state index contributed by atoms with van der Waals surface area (Å²) in [6.45, 7) is 2.40. The second kappa shape index (κ2) is 7.45. The van der Waals surface area contributed by atoms with Crippen molar-refractivity contribution < 1.29 is 0 Å². The molecule has 0 unspecified atom stereocenters. The molecular weight excluding hydrogens is 426 g/mol. The van der Waals surface area contributed by atoms with Crippen LogP contribution in [0.5, 0.6) is 0 Å². The lowest BCUT2D eigenvalue weighted by Gasteiger charge is -2.20. The molecule has 1 saturated heterocycles. The van der Waals surface area contributed by atoms with Crippen LogP contribution in [0.2, 0.25) is 5.02 Å². The first-order chi connectivity index (χ1) is 15.7. The SMILES string of the molecule is Nc1ncnc2c1c(-c1cn[nH]c1)nn2Cc1cc2cccc(Cl)c2c(N2CCCC2)n1. The largest absolute Gasteiger partial charge is 0.383 e. The quantitative estimate of drug-likeness (QED) is 0.434. The molecule has 32 heavy (non-hydrogen) atoms. The minimum absolute atomic E-state index is 0.383. The molecule has 5 aromatic rings. The summed E-state index contributed by atoms with van der Waals surface area (Å²) in [6, 6.07) is 8.03. The Morgan fingerprint density at radius 1 is 1.12 bits per heavy atom. The van der Waals surface area contributed by atoms with E-state index < -0.39 is 0 Å². The average Bonchev–Trinajstić information content (AvgIpc) is 3.55. The molecule has 6 rings (SSSR count). The average molecular weight is 446 g/mol. The number of pyridine rings is 1. The Morgan fingerprint density at radius 2 is 2.00 bits per heavy atom. The zero-order valence-corrected chi connectivity index (χ0v) is 17.9. The number of hydrogen-bond acceptors (Lipinski definition) is 7. The lowest BCUT2D eigenvalue weighted by atomic mass is 10.1. The Labute approximate surface area is 188 Å². The standard InChI is InChI=1S/C22H20ClN9/c23-16-5-3-4-13-8-15(29-22(17(13)16)31-6-1-2-7-31)11-32-21-18(20(24)25-12-26-21)19(30-32)14-9-27-28-10-14/h3-5,8-10,12H,1-2,6-7,11H2,(H,27,28)(H2,24,25,26). The van der Waals surface area contributed by atoms with Gasteiger partial charge in [-0.1, -0.05) is 23.7 Å². The molecule has 0 radical (unpaired) electrons.